The van der Waals surface area contributed by atoms with Crippen molar-refractivity contribution in [2.75, 3.05) is 40.5 Å². The van der Waals surface area contributed by atoms with Gasteiger partial charge in [-0.15, -0.1) is 11.8 Å². The van der Waals surface area contributed by atoms with Crippen LogP contribution in [0.15, 0.2) is 46.6 Å². The molecular weight excluding hydrogens is 554 g/mol. The fraction of sp³-hybridized carbons (Fsp3) is 0.364. The van der Waals surface area contributed by atoms with E-state index in [1.54, 1.807) is 24.2 Å². The number of piperazine rings is 1. The molecule has 0 radical (unpaired) electrons. The summed E-state index contributed by atoms with van der Waals surface area (Å²) in [4.78, 5) is 39.7. The number of nitrogens with zero attached hydrogens (tertiary/aromatic N) is 6. The molecule has 39 heavy (non-hydrogen) atoms. The van der Waals surface area contributed by atoms with Gasteiger partial charge in [-0.1, -0.05) is 0 Å². The third-order valence-electron chi connectivity index (χ3n) is 5.50. The number of anilines is 3. The van der Waals surface area contributed by atoms with Gasteiger partial charge in [0.2, 0.25) is 11.9 Å². The van der Waals surface area contributed by atoms with Crippen molar-refractivity contribution < 1.29 is 31.1 Å². The molecule has 1 aliphatic rings. The van der Waals surface area contributed by atoms with Crippen molar-refractivity contribution in [2.24, 2.45) is 0 Å². The number of carbonyl (C=O) groups is 1. The van der Waals surface area contributed by atoms with Gasteiger partial charge in [-0.2, -0.15) is 31.4 Å². The van der Waals surface area contributed by atoms with Crippen LogP contribution in [0.25, 0.3) is 0 Å². The van der Waals surface area contributed by atoms with Gasteiger partial charge in [0.25, 0.3) is 5.56 Å². The first-order chi connectivity index (χ1) is 18.3. The summed E-state index contributed by atoms with van der Waals surface area (Å²) in [5.74, 6) is 0.285. The van der Waals surface area contributed by atoms with E-state index in [1.807, 2.05) is 0 Å². The third kappa shape index (κ3) is 6.76. The fourth-order valence-corrected chi connectivity index (χ4v) is 4.54. The third-order valence-corrected chi connectivity index (χ3v) is 6.76. The minimum Gasteiger partial charge on any atom is -0.380 e. The molecule has 3 aromatic rings. The van der Waals surface area contributed by atoms with Gasteiger partial charge in [0.1, 0.15) is 17.9 Å². The van der Waals surface area contributed by atoms with Gasteiger partial charge in [0.05, 0.1) is 17.4 Å². The van der Waals surface area contributed by atoms with Gasteiger partial charge >= 0.3 is 12.4 Å². The van der Waals surface area contributed by atoms with Gasteiger partial charge in [0, 0.05) is 48.4 Å². The zero-order chi connectivity index (χ0) is 28.4. The first-order valence-corrected chi connectivity index (χ1v) is 12.3. The maximum Gasteiger partial charge on any atom is 0.423 e. The van der Waals surface area contributed by atoms with Gasteiger partial charge in [-0.25, -0.2) is 20.1 Å². The highest BCUT2D eigenvalue weighted by molar-refractivity contribution is 7.99. The summed E-state index contributed by atoms with van der Waals surface area (Å²) in [6.07, 6.45) is -5.73. The van der Waals surface area contributed by atoms with Crippen LogP contribution in [0.3, 0.4) is 0 Å². The SMILES string of the molecule is C[C@@H](CSc1ccnc(N2CCN(c3ncc(C(F)(F)F)cn3)CC2=O)c1)Nc1cn[nH]c(=O)c1C(F)(F)F. The summed E-state index contributed by atoms with van der Waals surface area (Å²) in [6, 6.07) is 2.83. The van der Waals surface area contributed by atoms with E-state index in [2.05, 4.69) is 25.4 Å². The quantitative estimate of drug-likeness (QED) is 0.323. The molecule has 1 atom stereocenters. The van der Waals surface area contributed by atoms with Crippen LogP contribution < -0.4 is 20.7 Å². The van der Waals surface area contributed by atoms with Crippen LogP contribution in [0.4, 0.5) is 43.8 Å². The number of rotatable bonds is 7. The van der Waals surface area contributed by atoms with E-state index >= 15 is 0 Å². The van der Waals surface area contributed by atoms with Crippen LogP contribution >= 0.6 is 11.8 Å². The largest absolute Gasteiger partial charge is 0.423 e. The van der Waals surface area contributed by atoms with Crippen LogP contribution in [0.5, 0.6) is 0 Å². The number of aromatic nitrogens is 5. The molecule has 1 aliphatic heterocycles. The lowest BCUT2D eigenvalue weighted by Crippen LogP contribution is -2.51. The number of hydrogen-bond donors (Lipinski definition) is 2. The van der Waals surface area contributed by atoms with Crippen molar-refractivity contribution >= 4 is 35.1 Å². The molecule has 2 N–H and O–H groups in total. The van der Waals surface area contributed by atoms with Crippen molar-refractivity contribution in [3.63, 3.8) is 0 Å². The molecule has 1 fully saturated rings. The zero-order valence-corrected chi connectivity index (χ0v) is 20.9. The Morgan fingerprint density at radius 2 is 1.77 bits per heavy atom. The van der Waals surface area contributed by atoms with Gasteiger partial charge < -0.3 is 10.2 Å². The normalized spacial score (nSPS) is 15.4. The number of amides is 1. The minimum absolute atomic E-state index is 0.000889. The smallest absolute Gasteiger partial charge is 0.380 e. The molecule has 0 saturated carbocycles. The molecule has 208 valence electrons. The van der Waals surface area contributed by atoms with E-state index in [4.69, 9.17) is 0 Å². The molecular formula is C22H20F6N8O2S. The first kappa shape index (κ1) is 28.1. The topological polar surface area (TPSA) is 120 Å². The van der Waals surface area contributed by atoms with E-state index in [0.717, 1.165) is 6.20 Å². The Balaban J connectivity index is 1.37. The summed E-state index contributed by atoms with van der Waals surface area (Å²) in [6.45, 7) is 1.90. The Labute approximate surface area is 220 Å². The minimum atomic E-state index is -4.86. The molecule has 1 amide bonds. The molecule has 0 unspecified atom stereocenters. The summed E-state index contributed by atoms with van der Waals surface area (Å²) >= 11 is 1.30. The standard InChI is InChI=1S/C22H20F6N8O2S/c1-12(33-15-9-32-34-19(38)18(15)22(26,27)28)11-39-14-2-3-29-16(6-14)36-5-4-35(10-17(36)37)20-30-7-13(8-31-20)21(23,24)25/h2-3,6-9,12H,4-5,10-11H2,1H3,(H2,33,34,38)/t12-/m0/s1. The Morgan fingerprint density at radius 3 is 2.41 bits per heavy atom. The molecule has 0 aliphatic carbocycles. The number of alkyl halides is 6. The molecule has 1 saturated heterocycles. The Bertz CT molecular complexity index is 1380. The van der Waals surface area contributed by atoms with Crippen LogP contribution in [-0.2, 0) is 17.1 Å². The molecule has 0 bridgehead atoms. The van der Waals surface area contributed by atoms with E-state index in [1.165, 1.54) is 27.8 Å². The number of nitrogens with one attached hydrogen (secondary N) is 2. The summed E-state index contributed by atoms with van der Waals surface area (Å²) in [5.41, 5.74) is -4.13. The summed E-state index contributed by atoms with van der Waals surface area (Å²) < 4.78 is 78.0. The monoisotopic (exact) mass is 574 g/mol. The van der Waals surface area contributed by atoms with Crippen LogP contribution in [0.2, 0.25) is 0 Å². The van der Waals surface area contributed by atoms with Gasteiger partial charge in [-0.05, 0) is 19.1 Å². The summed E-state index contributed by atoms with van der Waals surface area (Å²) in [7, 11) is 0. The van der Waals surface area contributed by atoms with Crippen molar-refractivity contribution in [2.45, 2.75) is 30.2 Å². The molecule has 0 spiro atoms. The van der Waals surface area contributed by atoms with Crippen molar-refractivity contribution in [3.8, 4) is 0 Å². The van der Waals surface area contributed by atoms with E-state index in [9.17, 15) is 35.9 Å². The number of hydrogen-bond acceptors (Lipinski definition) is 9. The molecule has 10 nitrogen and oxygen atoms in total. The zero-order valence-electron chi connectivity index (χ0n) is 20.0. The Hall–Kier alpha value is -3.89. The van der Waals surface area contributed by atoms with Crippen LogP contribution in [-0.4, -0.2) is 62.5 Å². The van der Waals surface area contributed by atoms with Gasteiger partial charge in [0.15, 0.2) is 0 Å². The Morgan fingerprint density at radius 1 is 1.05 bits per heavy atom. The predicted octanol–water partition coefficient (Wildman–Crippen LogP) is 3.44. The molecule has 0 aromatic carbocycles. The second-order valence-corrected chi connectivity index (χ2v) is 9.52. The van der Waals surface area contributed by atoms with E-state index < -0.39 is 40.8 Å². The number of carbonyl (C=O) groups excluding carboxylic acids is 1. The van der Waals surface area contributed by atoms with Crippen molar-refractivity contribution in [1.29, 1.82) is 0 Å². The second-order valence-electron chi connectivity index (χ2n) is 8.43. The highest BCUT2D eigenvalue weighted by atomic mass is 32.2. The van der Waals surface area contributed by atoms with Crippen LogP contribution in [0, 0.1) is 0 Å². The second kappa shape index (κ2) is 11.1. The number of halogens is 6. The predicted molar refractivity (Wildman–Crippen MR) is 130 cm³/mol. The van der Waals surface area contributed by atoms with Crippen molar-refractivity contribution in [1.82, 2.24) is 25.1 Å². The lowest BCUT2D eigenvalue weighted by atomic mass is 10.2. The molecule has 4 rings (SSSR count). The lowest BCUT2D eigenvalue weighted by Gasteiger charge is -2.33. The maximum absolute atomic E-state index is 13.3. The fourth-order valence-electron chi connectivity index (χ4n) is 3.67. The highest BCUT2D eigenvalue weighted by Crippen LogP contribution is 2.32. The number of pyridine rings is 1. The average Bonchev–Trinajstić information content (AvgIpc) is 2.86. The maximum atomic E-state index is 13.3. The molecule has 3 aromatic heterocycles. The van der Waals surface area contributed by atoms with E-state index in [0.29, 0.717) is 28.9 Å². The molecule has 17 heteroatoms. The highest BCUT2D eigenvalue weighted by Gasteiger charge is 2.37. The molecule has 4 heterocycles. The number of aromatic amines is 1. The lowest BCUT2D eigenvalue weighted by molar-refractivity contribution is -0.139. The average molecular weight is 575 g/mol. The van der Waals surface area contributed by atoms with Crippen molar-refractivity contribution in [3.05, 3.63) is 58.4 Å². The summed E-state index contributed by atoms with van der Waals surface area (Å²) in [5, 5.41) is 7.87. The Kier molecular flexibility index (Phi) is 7.99. The first-order valence-electron chi connectivity index (χ1n) is 11.3. The number of thioether (sulfide) groups is 1. The van der Waals surface area contributed by atoms with E-state index in [-0.39, 0.29) is 31.5 Å². The number of H-pyrrole nitrogens is 1. The van der Waals surface area contributed by atoms with Crippen LogP contribution in [0.1, 0.15) is 18.1 Å². The van der Waals surface area contributed by atoms with Gasteiger partial charge in [-0.3, -0.25) is 14.5 Å².